The molecule has 1 aromatic carbocycles. The Kier molecular flexibility index (Phi) is 5.51. The lowest BCUT2D eigenvalue weighted by Gasteiger charge is -2.29. The average molecular weight is 411 g/mol. The van der Waals surface area contributed by atoms with Crippen molar-refractivity contribution in [2.45, 2.75) is 19.4 Å². The molecule has 0 saturated carbocycles. The fourth-order valence-electron chi connectivity index (χ4n) is 4.01. The van der Waals surface area contributed by atoms with Crippen molar-refractivity contribution in [3.63, 3.8) is 0 Å². The molecule has 0 bridgehead atoms. The Bertz CT molecular complexity index is 1060. The van der Waals surface area contributed by atoms with Gasteiger partial charge in [0.05, 0.1) is 11.1 Å². The average Bonchev–Trinajstić information content (AvgIpc) is 3.19. The highest BCUT2D eigenvalue weighted by atomic mass is 35.5. The van der Waals surface area contributed by atoms with E-state index in [-0.39, 0.29) is 18.4 Å². The fourth-order valence-corrected chi connectivity index (χ4v) is 4.01. The molecule has 0 aliphatic carbocycles. The Labute approximate surface area is 175 Å². The highest BCUT2D eigenvalue weighted by Crippen LogP contribution is 2.32. The van der Waals surface area contributed by atoms with Crippen molar-refractivity contribution in [1.29, 1.82) is 0 Å². The number of pyridine rings is 1. The number of nitrogens with zero attached hydrogens (tertiary/aromatic N) is 3. The largest absolute Gasteiger partial charge is 0.322 e. The number of carbonyl (C=O) groups excluding carboxylic acids is 1. The van der Waals surface area contributed by atoms with Gasteiger partial charge in [0, 0.05) is 31.5 Å². The van der Waals surface area contributed by atoms with Gasteiger partial charge in [-0.05, 0) is 48.2 Å². The van der Waals surface area contributed by atoms with Crippen molar-refractivity contribution in [3.8, 4) is 0 Å². The van der Waals surface area contributed by atoms with Gasteiger partial charge in [-0.3, -0.25) is 5.10 Å². The number of amides is 2. The molecule has 0 fully saturated rings. The lowest BCUT2D eigenvalue weighted by Crippen LogP contribution is -2.39. The van der Waals surface area contributed by atoms with Crippen LogP contribution in [0.4, 0.5) is 10.5 Å². The first-order valence-corrected chi connectivity index (χ1v) is 9.65. The second-order valence-corrected chi connectivity index (χ2v) is 7.21. The number of fused-ring (bicyclic) bond motifs is 3. The Morgan fingerprint density at radius 1 is 1.17 bits per heavy atom. The minimum atomic E-state index is -0.0783. The van der Waals surface area contributed by atoms with Crippen LogP contribution in [0.2, 0.25) is 0 Å². The SMILES string of the molecule is Cl.O=C(Nc1ccccc1)N1CCc2c(cnc3[nH]nc(C4=CCNCC4)c23)C1. The monoisotopic (exact) mass is 410 g/mol. The number of aromatic nitrogens is 3. The lowest BCUT2D eigenvalue weighted by atomic mass is 9.94. The summed E-state index contributed by atoms with van der Waals surface area (Å²) < 4.78 is 0. The zero-order chi connectivity index (χ0) is 18.9. The van der Waals surface area contributed by atoms with Crippen LogP contribution >= 0.6 is 12.4 Å². The molecule has 3 N–H and O–H groups in total. The summed E-state index contributed by atoms with van der Waals surface area (Å²) in [5.41, 5.74) is 6.28. The van der Waals surface area contributed by atoms with Crippen molar-refractivity contribution < 1.29 is 4.79 Å². The van der Waals surface area contributed by atoms with Gasteiger partial charge in [0.2, 0.25) is 0 Å². The molecular formula is C21H23ClN6O. The Morgan fingerprint density at radius 3 is 2.83 bits per heavy atom. The van der Waals surface area contributed by atoms with Gasteiger partial charge in [0.1, 0.15) is 0 Å². The highest BCUT2D eigenvalue weighted by Gasteiger charge is 2.25. The molecule has 8 heteroatoms. The maximum Gasteiger partial charge on any atom is 0.322 e. The third-order valence-corrected chi connectivity index (χ3v) is 5.46. The number of nitrogens with one attached hydrogen (secondary N) is 3. The van der Waals surface area contributed by atoms with Gasteiger partial charge in [-0.15, -0.1) is 12.4 Å². The summed E-state index contributed by atoms with van der Waals surface area (Å²) in [6.45, 7) is 3.08. The fraction of sp³-hybridized carbons (Fsp3) is 0.286. The standard InChI is InChI=1S/C21H22N6O.ClH/c28-21(24-16-4-2-1-3-5-16)27-11-8-17-15(13-27)12-23-20-18(17)19(25-26-20)14-6-9-22-10-7-14;/h1-6,12,22H,7-11,13H2,(H,24,28)(H,23,25,26);1H. The molecule has 0 spiro atoms. The predicted molar refractivity (Wildman–Crippen MR) is 116 cm³/mol. The Morgan fingerprint density at radius 2 is 2.03 bits per heavy atom. The second kappa shape index (κ2) is 8.23. The molecule has 5 rings (SSSR count). The number of rotatable bonds is 2. The van der Waals surface area contributed by atoms with Gasteiger partial charge in [-0.1, -0.05) is 24.3 Å². The highest BCUT2D eigenvalue weighted by molar-refractivity contribution is 5.93. The summed E-state index contributed by atoms with van der Waals surface area (Å²) in [5.74, 6) is 0. The Balaban J connectivity index is 0.00000205. The van der Waals surface area contributed by atoms with Crippen molar-refractivity contribution in [1.82, 2.24) is 25.4 Å². The zero-order valence-corrected chi connectivity index (χ0v) is 16.8. The Hall–Kier alpha value is -2.90. The van der Waals surface area contributed by atoms with Gasteiger partial charge in [-0.25, -0.2) is 9.78 Å². The van der Waals surface area contributed by atoms with Crippen LogP contribution in [-0.4, -0.2) is 45.7 Å². The first-order chi connectivity index (χ1) is 13.8. The first kappa shape index (κ1) is 19.4. The number of para-hydroxylation sites is 1. The molecule has 150 valence electrons. The van der Waals surface area contributed by atoms with E-state index in [9.17, 15) is 4.79 Å². The molecule has 4 heterocycles. The molecule has 3 aromatic rings. The van der Waals surface area contributed by atoms with Crippen LogP contribution in [0.15, 0.2) is 42.6 Å². The van der Waals surface area contributed by atoms with Gasteiger partial charge in [-0.2, -0.15) is 5.10 Å². The molecule has 2 aliphatic heterocycles. The zero-order valence-electron chi connectivity index (χ0n) is 15.9. The van der Waals surface area contributed by atoms with E-state index in [1.54, 1.807) is 0 Å². The molecule has 0 atom stereocenters. The maximum absolute atomic E-state index is 12.7. The summed E-state index contributed by atoms with van der Waals surface area (Å²) >= 11 is 0. The minimum Gasteiger partial charge on any atom is -0.320 e. The molecule has 2 amide bonds. The molecule has 0 saturated heterocycles. The number of hydrogen-bond acceptors (Lipinski definition) is 4. The normalized spacial score (nSPS) is 16.0. The smallest absolute Gasteiger partial charge is 0.320 e. The summed E-state index contributed by atoms with van der Waals surface area (Å²) in [5, 5.41) is 15.1. The number of urea groups is 1. The summed E-state index contributed by atoms with van der Waals surface area (Å²) in [7, 11) is 0. The number of aromatic amines is 1. The minimum absolute atomic E-state index is 0. The molecule has 2 aromatic heterocycles. The third kappa shape index (κ3) is 3.71. The molecule has 2 aliphatic rings. The molecule has 7 nitrogen and oxygen atoms in total. The summed E-state index contributed by atoms with van der Waals surface area (Å²) in [6.07, 6.45) is 5.85. The van der Waals surface area contributed by atoms with Crippen molar-refractivity contribution in [3.05, 3.63) is 59.4 Å². The number of anilines is 1. The van der Waals surface area contributed by atoms with E-state index >= 15 is 0 Å². The van der Waals surface area contributed by atoms with E-state index in [2.05, 4.69) is 31.9 Å². The summed E-state index contributed by atoms with van der Waals surface area (Å²) in [4.78, 5) is 19.1. The van der Waals surface area contributed by atoms with E-state index in [0.29, 0.717) is 13.1 Å². The quantitative estimate of drug-likeness (QED) is 0.604. The summed E-state index contributed by atoms with van der Waals surface area (Å²) in [6, 6.07) is 9.47. The predicted octanol–water partition coefficient (Wildman–Crippen LogP) is 3.35. The van der Waals surface area contributed by atoms with Crippen molar-refractivity contribution >= 4 is 40.7 Å². The number of H-pyrrole nitrogens is 1. The van der Waals surface area contributed by atoms with Crippen LogP contribution < -0.4 is 10.6 Å². The van der Waals surface area contributed by atoms with Gasteiger partial charge in [0.25, 0.3) is 0 Å². The van der Waals surface area contributed by atoms with E-state index in [0.717, 1.165) is 53.9 Å². The van der Waals surface area contributed by atoms with E-state index < -0.39 is 0 Å². The van der Waals surface area contributed by atoms with E-state index in [1.165, 1.54) is 11.1 Å². The lowest BCUT2D eigenvalue weighted by molar-refractivity contribution is 0.206. The van der Waals surface area contributed by atoms with E-state index in [1.807, 2.05) is 41.4 Å². The van der Waals surface area contributed by atoms with Gasteiger partial charge < -0.3 is 15.5 Å². The number of hydrogen-bond donors (Lipinski definition) is 3. The van der Waals surface area contributed by atoms with Crippen LogP contribution in [0.3, 0.4) is 0 Å². The van der Waals surface area contributed by atoms with Gasteiger partial charge >= 0.3 is 6.03 Å². The molecule has 0 radical (unpaired) electrons. The van der Waals surface area contributed by atoms with E-state index in [4.69, 9.17) is 0 Å². The van der Waals surface area contributed by atoms with Crippen molar-refractivity contribution in [2.24, 2.45) is 0 Å². The number of halogens is 1. The van der Waals surface area contributed by atoms with Crippen LogP contribution in [0.5, 0.6) is 0 Å². The van der Waals surface area contributed by atoms with Crippen molar-refractivity contribution in [2.75, 3.05) is 25.0 Å². The third-order valence-electron chi connectivity index (χ3n) is 5.46. The molecule has 0 unspecified atom stereocenters. The number of benzene rings is 1. The molecule has 29 heavy (non-hydrogen) atoms. The van der Waals surface area contributed by atoms with Crippen LogP contribution in [0.25, 0.3) is 16.6 Å². The maximum atomic E-state index is 12.7. The van der Waals surface area contributed by atoms with Crippen LogP contribution in [0, 0.1) is 0 Å². The van der Waals surface area contributed by atoms with Crippen LogP contribution in [0.1, 0.15) is 23.2 Å². The topological polar surface area (TPSA) is 85.9 Å². The first-order valence-electron chi connectivity index (χ1n) is 9.65. The van der Waals surface area contributed by atoms with Gasteiger partial charge in [0.15, 0.2) is 5.65 Å². The van der Waals surface area contributed by atoms with Crippen LogP contribution in [-0.2, 0) is 13.0 Å². The number of carbonyl (C=O) groups is 1. The molecular weight excluding hydrogens is 388 g/mol. The second-order valence-electron chi connectivity index (χ2n) is 7.21.